The van der Waals surface area contributed by atoms with Gasteiger partial charge >= 0.3 is 0 Å². The van der Waals surface area contributed by atoms with Crippen LogP contribution in [0.3, 0.4) is 0 Å². The molecule has 0 aliphatic rings. The number of carbonyl (C=O) groups excluding carboxylic acids is 1. The van der Waals surface area contributed by atoms with Crippen molar-refractivity contribution in [3.05, 3.63) is 35.9 Å². The van der Waals surface area contributed by atoms with Gasteiger partial charge in [0.25, 0.3) is 11.7 Å². The van der Waals surface area contributed by atoms with Crippen LogP contribution in [0.25, 0.3) is 5.69 Å². The van der Waals surface area contributed by atoms with Gasteiger partial charge in [-0.05, 0) is 25.1 Å². The summed E-state index contributed by atoms with van der Waals surface area (Å²) in [7, 11) is 0. The van der Waals surface area contributed by atoms with Crippen LogP contribution in [0, 0.1) is 11.3 Å². The first-order chi connectivity index (χ1) is 9.15. The summed E-state index contributed by atoms with van der Waals surface area (Å²) in [6, 6.07) is 6.69. The van der Waals surface area contributed by atoms with Crippen LogP contribution in [0.4, 0.5) is 5.69 Å². The van der Waals surface area contributed by atoms with Gasteiger partial charge in [-0.2, -0.15) is 5.26 Å². The minimum atomic E-state index is -0.230. The molecule has 1 amide bonds. The summed E-state index contributed by atoms with van der Waals surface area (Å²) in [5.41, 5.74) is 7.13. The molecule has 7 heteroatoms. The van der Waals surface area contributed by atoms with Crippen molar-refractivity contribution >= 4 is 11.6 Å². The smallest absolute Gasteiger partial charge is 0.253 e. The Morgan fingerprint density at radius 1 is 1.58 bits per heavy atom. The van der Waals surface area contributed by atoms with E-state index in [2.05, 4.69) is 15.4 Å². The fourth-order valence-electron chi connectivity index (χ4n) is 1.62. The van der Waals surface area contributed by atoms with Gasteiger partial charge in [0.2, 0.25) is 0 Å². The summed E-state index contributed by atoms with van der Waals surface area (Å²) < 4.78 is 1.36. The number of hydrogen-bond acceptors (Lipinski definition) is 5. The summed E-state index contributed by atoms with van der Waals surface area (Å²) in [5.74, 6) is -0.198. The van der Waals surface area contributed by atoms with E-state index < -0.39 is 0 Å². The van der Waals surface area contributed by atoms with E-state index in [0.29, 0.717) is 23.5 Å². The van der Waals surface area contributed by atoms with Crippen molar-refractivity contribution in [2.24, 2.45) is 0 Å². The normalized spacial score (nSPS) is 9.89. The number of nitriles is 1. The Labute approximate surface area is 109 Å². The third-order valence-electron chi connectivity index (χ3n) is 2.44. The van der Waals surface area contributed by atoms with Crippen molar-refractivity contribution in [3.63, 3.8) is 0 Å². The van der Waals surface area contributed by atoms with Gasteiger partial charge in [-0.1, -0.05) is 0 Å². The predicted octanol–water partition coefficient (Wildman–Crippen LogP) is 0.471. The fourth-order valence-corrected chi connectivity index (χ4v) is 1.62. The summed E-state index contributed by atoms with van der Waals surface area (Å²) in [4.78, 5) is 15.8. The number of carbonyl (C=O) groups is 1. The number of anilines is 1. The third-order valence-corrected chi connectivity index (χ3v) is 2.44. The lowest BCUT2D eigenvalue weighted by Crippen LogP contribution is -2.24. The van der Waals surface area contributed by atoms with Crippen molar-refractivity contribution in [1.82, 2.24) is 20.1 Å². The maximum atomic E-state index is 11.9. The van der Waals surface area contributed by atoms with Crippen molar-refractivity contribution in [1.29, 1.82) is 5.26 Å². The molecule has 0 bridgehead atoms. The van der Waals surface area contributed by atoms with Gasteiger partial charge in [0, 0.05) is 12.2 Å². The van der Waals surface area contributed by atoms with Crippen LogP contribution in [-0.2, 0) is 0 Å². The molecular weight excluding hydrogens is 244 g/mol. The van der Waals surface area contributed by atoms with E-state index in [1.54, 1.807) is 18.2 Å². The summed E-state index contributed by atoms with van der Waals surface area (Å²) in [6.45, 7) is 2.35. The lowest BCUT2D eigenvalue weighted by molar-refractivity contribution is 0.0955. The Hall–Kier alpha value is -2.88. The molecule has 2 aromatic rings. The Morgan fingerprint density at radius 2 is 2.37 bits per heavy atom. The van der Waals surface area contributed by atoms with Crippen LogP contribution in [0.1, 0.15) is 23.1 Å². The van der Waals surface area contributed by atoms with Gasteiger partial charge < -0.3 is 11.1 Å². The molecule has 19 heavy (non-hydrogen) atoms. The van der Waals surface area contributed by atoms with E-state index in [-0.39, 0.29) is 11.7 Å². The van der Waals surface area contributed by atoms with Crippen LogP contribution >= 0.6 is 0 Å². The van der Waals surface area contributed by atoms with Gasteiger partial charge in [0.05, 0.1) is 11.3 Å². The zero-order valence-corrected chi connectivity index (χ0v) is 10.3. The van der Waals surface area contributed by atoms with Crippen molar-refractivity contribution < 1.29 is 4.79 Å². The third kappa shape index (κ3) is 2.52. The van der Waals surface area contributed by atoms with E-state index in [1.165, 1.54) is 11.0 Å². The lowest BCUT2D eigenvalue weighted by Gasteiger charge is -2.09. The number of benzene rings is 1. The van der Waals surface area contributed by atoms with E-state index in [4.69, 9.17) is 11.0 Å². The molecule has 3 N–H and O–H groups in total. The number of hydrogen-bond donors (Lipinski definition) is 2. The molecule has 1 aromatic carbocycles. The van der Waals surface area contributed by atoms with Crippen LogP contribution in [0.15, 0.2) is 24.5 Å². The van der Waals surface area contributed by atoms with E-state index in [9.17, 15) is 4.79 Å². The first kappa shape index (κ1) is 12.6. The molecule has 2 rings (SSSR count). The molecule has 0 saturated carbocycles. The number of nitrogens with two attached hydrogens (primary N) is 1. The standard InChI is InChI=1S/C12H12N6O/c1-2-15-12(19)9-4-3-8(14)5-10(9)18-7-16-11(6-13)17-18/h3-5,7H,2,14H2,1H3,(H,15,19). The monoisotopic (exact) mass is 256 g/mol. The van der Waals surface area contributed by atoms with E-state index in [0.717, 1.165) is 0 Å². The second-order valence-corrected chi connectivity index (χ2v) is 3.76. The number of aromatic nitrogens is 3. The number of nitrogens with zero attached hydrogens (tertiary/aromatic N) is 4. The van der Waals surface area contributed by atoms with E-state index in [1.807, 2.05) is 13.0 Å². The number of nitrogens with one attached hydrogen (secondary N) is 1. The van der Waals surface area contributed by atoms with Crippen molar-refractivity contribution in [2.45, 2.75) is 6.92 Å². The maximum absolute atomic E-state index is 11.9. The molecule has 0 aliphatic carbocycles. The highest BCUT2D eigenvalue weighted by atomic mass is 16.1. The molecule has 0 spiro atoms. The number of nitrogen functional groups attached to an aromatic ring is 1. The second-order valence-electron chi connectivity index (χ2n) is 3.76. The minimum Gasteiger partial charge on any atom is -0.399 e. The average molecular weight is 256 g/mol. The molecule has 0 atom stereocenters. The zero-order chi connectivity index (χ0) is 13.8. The highest BCUT2D eigenvalue weighted by Gasteiger charge is 2.14. The summed E-state index contributed by atoms with van der Waals surface area (Å²) in [6.07, 6.45) is 1.37. The topological polar surface area (TPSA) is 110 Å². The molecule has 1 heterocycles. The summed E-state index contributed by atoms with van der Waals surface area (Å²) >= 11 is 0. The molecule has 0 aliphatic heterocycles. The molecule has 7 nitrogen and oxygen atoms in total. The largest absolute Gasteiger partial charge is 0.399 e. The number of amides is 1. The van der Waals surface area contributed by atoms with Gasteiger partial charge in [-0.3, -0.25) is 4.79 Å². The van der Waals surface area contributed by atoms with Gasteiger partial charge in [0.1, 0.15) is 12.4 Å². The van der Waals surface area contributed by atoms with Crippen molar-refractivity contribution in [2.75, 3.05) is 12.3 Å². The first-order valence-electron chi connectivity index (χ1n) is 5.65. The van der Waals surface area contributed by atoms with Gasteiger partial charge in [0.15, 0.2) is 0 Å². The fraction of sp³-hybridized carbons (Fsp3) is 0.167. The Bertz CT molecular complexity index is 654. The number of rotatable bonds is 3. The van der Waals surface area contributed by atoms with Crippen LogP contribution in [0.5, 0.6) is 0 Å². The molecule has 0 saturated heterocycles. The Balaban J connectivity index is 2.51. The van der Waals surface area contributed by atoms with Crippen LogP contribution in [0.2, 0.25) is 0 Å². The SMILES string of the molecule is CCNC(=O)c1ccc(N)cc1-n1cnc(C#N)n1. The molecule has 1 aromatic heterocycles. The minimum absolute atomic E-state index is 0.0317. The molecule has 0 fully saturated rings. The predicted molar refractivity (Wildman–Crippen MR) is 68.5 cm³/mol. The van der Waals surface area contributed by atoms with Crippen LogP contribution < -0.4 is 11.1 Å². The zero-order valence-electron chi connectivity index (χ0n) is 10.3. The first-order valence-corrected chi connectivity index (χ1v) is 5.65. The van der Waals surface area contributed by atoms with Crippen molar-refractivity contribution in [3.8, 4) is 11.8 Å². The Kier molecular flexibility index (Phi) is 3.43. The molecular formula is C12H12N6O. The molecule has 0 unspecified atom stereocenters. The van der Waals surface area contributed by atoms with Gasteiger partial charge in [-0.15, -0.1) is 5.10 Å². The lowest BCUT2D eigenvalue weighted by atomic mass is 10.1. The second kappa shape index (κ2) is 5.18. The molecule has 96 valence electrons. The average Bonchev–Trinajstić information content (AvgIpc) is 2.87. The summed E-state index contributed by atoms with van der Waals surface area (Å²) in [5, 5.41) is 15.4. The quantitative estimate of drug-likeness (QED) is 0.776. The highest BCUT2D eigenvalue weighted by molar-refractivity contribution is 5.98. The maximum Gasteiger partial charge on any atom is 0.253 e. The molecule has 0 radical (unpaired) electrons. The van der Waals surface area contributed by atoms with Crippen LogP contribution in [-0.4, -0.2) is 27.2 Å². The Morgan fingerprint density at radius 3 is 3.00 bits per heavy atom. The van der Waals surface area contributed by atoms with Gasteiger partial charge in [-0.25, -0.2) is 9.67 Å². The highest BCUT2D eigenvalue weighted by Crippen LogP contribution is 2.17. The van der Waals surface area contributed by atoms with E-state index >= 15 is 0 Å².